The summed E-state index contributed by atoms with van der Waals surface area (Å²) >= 11 is 0. The number of hydrogen-bond acceptors (Lipinski definition) is 3. The Morgan fingerprint density at radius 3 is 2.50 bits per heavy atom. The first kappa shape index (κ1) is 12.4. The van der Waals surface area contributed by atoms with Crippen LogP contribution in [0.4, 0.5) is 5.69 Å². The summed E-state index contributed by atoms with van der Waals surface area (Å²) < 4.78 is 0. The van der Waals surface area contributed by atoms with Crippen LogP contribution in [0, 0.1) is 17.2 Å². The van der Waals surface area contributed by atoms with E-state index in [9.17, 15) is 9.90 Å². The SMILES string of the molecule is CC1(C)C(C(=O)O)CCN1c1ccc(C#N)cc1. The van der Waals surface area contributed by atoms with Gasteiger partial charge in [-0.25, -0.2) is 0 Å². The molecule has 1 N–H and O–H groups in total. The van der Waals surface area contributed by atoms with Gasteiger partial charge >= 0.3 is 5.97 Å². The lowest BCUT2D eigenvalue weighted by atomic mass is 9.88. The highest BCUT2D eigenvalue weighted by Gasteiger charge is 2.45. The predicted octanol–water partition coefficient (Wildman–Crippen LogP) is 2.25. The van der Waals surface area contributed by atoms with Gasteiger partial charge in [0.2, 0.25) is 0 Å². The van der Waals surface area contributed by atoms with Crippen molar-refractivity contribution < 1.29 is 9.90 Å². The van der Waals surface area contributed by atoms with Crippen LogP contribution in [-0.4, -0.2) is 23.2 Å². The van der Waals surface area contributed by atoms with Crippen molar-refractivity contribution in [3.63, 3.8) is 0 Å². The van der Waals surface area contributed by atoms with Gasteiger partial charge in [-0.05, 0) is 44.5 Å². The number of aliphatic carboxylic acids is 1. The van der Waals surface area contributed by atoms with E-state index in [1.165, 1.54) is 0 Å². The zero-order valence-electron chi connectivity index (χ0n) is 10.6. The number of nitrogens with zero attached hydrogens (tertiary/aromatic N) is 2. The maximum atomic E-state index is 11.2. The Bertz CT molecular complexity index is 500. The number of carboxylic acids is 1. The average Bonchev–Trinajstić information content (AvgIpc) is 2.65. The first-order valence-corrected chi connectivity index (χ1v) is 5.97. The summed E-state index contributed by atoms with van der Waals surface area (Å²) in [6, 6.07) is 9.37. The van der Waals surface area contributed by atoms with Gasteiger partial charge in [0.05, 0.1) is 17.6 Å². The summed E-state index contributed by atoms with van der Waals surface area (Å²) in [6.45, 7) is 4.64. The van der Waals surface area contributed by atoms with E-state index < -0.39 is 11.5 Å². The van der Waals surface area contributed by atoms with E-state index in [1.807, 2.05) is 26.0 Å². The third-order valence-electron chi connectivity index (χ3n) is 3.80. The standard InChI is InChI=1S/C14H16N2O2/c1-14(2)12(13(17)18)7-8-16(14)11-5-3-10(9-15)4-6-11/h3-6,12H,7-8H2,1-2H3,(H,17,18). The molecular formula is C14H16N2O2. The molecule has 1 aromatic rings. The molecule has 0 bridgehead atoms. The summed E-state index contributed by atoms with van der Waals surface area (Å²) in [5.41, 5.74) is 1.19. The molecular weight excluding hydrogens is 228 g/mol. The Kier molecular flexibility index (Phi) is 3.00. The Morgan fingerprint density at radius 2 is 2.06 bits per heavy atom. The molecule has 1 saturated heterocycles. The van der Waals surface area contributed by atoms with Crippen molar-refractivity contribution in [2.45, 2.75) is 25.8 Å². The van der Waals surface area contributed by atoms with Gasteiger partial charge in [-0.15, -0.1) is 0 Å². The molecule has 94 valence electrons. The molecule has 1 aliphatic heterocycles. The molecule has 1 unspecified atom stereocenters. The van der Waals surface area contributed by atoms with E-state index >= 15 is 0 Å². The van der Waals surface area contributed by atoms with Gasteiger partial charge in [0, 0.05) is 17.8 Å². The van der Waals surface area contributed by atoms with Crippen molar-refractivity contribution in [2.75, 3.05) is 11.4 Å². The Hall–Kier alpha value is -2.02. The minimum atomic E-state index is -0.740. The molecule has 1 aromatic carbocycles. The highest BCUT2D eigenvalue weighted by molar-refractivity contribution is 5.74. The Balaban J connectivity index is 2.29. The largest absolute Gasteiger partial charge is 0.481 e. The number of hydrogen-bond donors (Lipinski definition) is 1. The van der Waals surface area contributed by atoms with Crippen LogP contribution in [0.1, 0.15) is 25.8 Å². The lowest BCUT2D eigenvalue weighted by molar-refractivity contribution is -0.142. The second-order valence-corrected chi connectivity index (χ2v) is 5.14. The van der Waals surface area contributed by atoms with Crippen LogP contribution in [0.5, 0.6) is 0 Å². The van der Waals surface area contributed by atoms with Crippen molar-refractivity contribution in [3.05, 3.63) is 29.8 Å². The third kappa shape index (κ3) is 1.92. The van der Waals surface area contributed by atoms with Crippen molar-refractivity contribution >= 4 is 11.7 Å². The lowest BCUT2D eigenvalue weighted by Gasteiger charge is -2.36. The van der Waals surface area contributed by atoms with Crippen molar-refractivity contribution in [1.82, 2.24) is 0 Å². The fourth-order valence-corrected chi connectivity index (χ4v) is 2.69. The third-order valence-corrected chi connectivity index (χ3v) is 3.80. The van der Waals surface area contributed by atoms with E-state index in [4.69, 9.17) is 5.26 Å². The summed E-state index contributed by atoms with van der Waals surface area (Å²) in [6.07, 6.45) is 0.655. The van der Waals surface area contributed by atoms with Crippen LogP contribution in [-0.2, 0) is 4.79 Å². The number of carbonyl (C=O) groups is 1. The van der Waals surface area contributed by atoms with Crippen molar-refractivity contribution in [3.8, 4) is 6.07 Å². The second kappa shape index (κ2) is 4.34. The second-order valence-electron chi connectivity index (χ2n) is 5.14. The number of carboxylic acid groups (broad SMARTS) is 1. The topological polar surface area (TPSA) is 64.3 Å². The summed E-state index contributed by atoms with van der Waals surface area (Å²) in [7, 11) is 0. The summed E-state index contributed by atoms with van der Waals surface area (Å²) in [5.74, 6) is -1.09. The number of anilines is 1. The Labute approximate surface area is 106 Å². The molecule has 1 atom stereocenters. The zero-order valence-corrected chi connectivity index (χ0v) is 10.6. The quantitative estimate of drug-likeness (QED) is 0.866. The van der Waals surface area contributed by atoms with E-state index in [2.05, 4.69) is 11.0 Å². The molecule has 0 radical (unpaired) electrons. The fraction of sp³-hybridized carbons (Fsp3) is 0.429. The molecule has 0 aromatic heterocycles. The van der Waals surface area contributed by atoms with Gasteiger partial charge in [-0.1, -0.05) is 0 Å². The molecule has 4 nitrogen and oxygen atoms in total. The zero-order chi connectivity index (χ0) is 13.3. The van der Waals surface area contributed by atoms with Gasteiger partial charge in [0.1, 0.15) is 0 Å². The minimum Gasteiger partial charge on any atom is -0.481 e. The van der Waals surface area contributed by atoms with Crippen LogP contribution >= 0.6 is 0 Å². The highest BCUT2D eigenvalue weighted by atomic mass is 16.4. The molecule has 1 heterocycles. The lowest BCUT2D eigenvalue weighted by Crippen LogP contribution is -2.45. The van der Waals surface area contributed by atoms with E-state index in [0.29, 0.717) is 12.0 Å². The predicted molar refractivity (Wildman–Crippen MR) is 68.3 cm³/mol. The molecule has 0 saturated carbocycles. The van der Waals surface area contributed by atoms with Crippen molar-refractivity contribution in [1.29, 1.82) is 5.26 Å². The molecule has 0 spiro atoms. The number of nitriles is 1. The fourth-order valence-electron chi connectivity index (χ4n) is 2.69. The van der Waals surface area contributed by atoms with Crippen LogP contribution in [0.15, 0.2) is 24.3 Å². The Morgan fingerprint density at radius 1 is 1.44 bits per heavy atom. The van der Waals surface area contributed by atoms with E-state index in [0.717, 1.165) is 12.2 Å². The molecule has 0 aliphatic carbocycles. The van der Waals surface area contributed by atoms with Crippen LogP contribution in [0.2, 0.25) is 0 Å². The summed E-state index contributed by atoms with van der Waals surface area (Å²) in [4.78, 5) is 13.3. The highest BCUT2D eigenvalue weighted by Crippen LogP contribution is 2.38. The average molecular weight is 244 g/mol. The van der Waals surface area contributed by atoms with Gasteiger partial charge in [0.15, 0.2) is 0 Å². The maximum Gasteiger partial charge on any atom is 0.308 e. The molecule has 1 aliphatic rings. The molecule has 1 fully saturated rings. The minimum absolute atomic E-state index is 0.354. The molecule has 18 heavy (non-hydrogen) atoms. The number of rotatable bonds is 2. The first-order chi connectivity index (χ1) is 8.46. The molecule has 4 heteroatoms. The van der Waals surface area contributed by atoms with E-state index in [1.54, 1.807) is 12.1 Å². The maximum absolute atomic E-state index is 11.2. The van der Waals surface area contributed by atoms with Crippen LogP contribution < -0.4 is 4.90 Å². The van der Waals surface area contributed by atoms with Crippen LogP contribution in [0.25, 0.3) is 0 Å². The molecule has 2 rings (SSSR count). The smallest absolute Gasteiger partial charge is 0.308 e. The summed E-state index contributed by atoms with van der Waals surface area (Å²) in [5, 5.41) is 18.0. The van der Waals surface area contributed by atoms with Gasteiger partial charge in [-0.3, -0.25) is 4.79 Å². The van der Waals surface area contributed by atoms with Crippen LogP contribution in [0.3, 0.4) is 0 Å². The first-order valence-electron chi connectivity index (χ1n) is 5.97. The number of benzene rings is 1. The van der Waals surface area contributed by atoms with Gasteiger partial charge in [0.25, 0.3) is 0 Å². The normalized spacial score (nSPS) is 21.6. The monoisotopic (exact) mass is 244 g/mol. The van der Waals surface area contributed by atoms with Crippen molar-refractivity contribution in [2.24, 2.45) is 5.92 Å². The van der Waals surface area contributed by atoms with Gasteiger partial charge < -0.3 is 10.0 Å². The van der Waals surface area contributed by atoms with E-state index in [-0.39, 0.29) is 5.92 Å². The van der Waals surface area contributed by atoms with Gasteiger partial charge in [-0.2, -0.15) is 5.26 Å². The molecule has 0 amide bonds.